The standard InChI is InChI=1S/C16H29N3O2/c1-12-5-7-19(8-6-12)10-15(20)9-18(4)11-16-13(2)17-21-14(16)3/h12,15,20H,5-11H2,1-4H3. The number of aryl methyl sites for hydroxylation is 2. The third-order valence-electron chi connectivity index (χ3n) is 4.48. The summed E-state index contributed by atoms with van der Waals surface area (Å²) in [5.41, 5.74) is 2.08. The molecular formula is C16H29N3O2. The molecule has 1 saturated heterocycles. The summed E-state index contributed by atoms with van der Waals surface area (Å²) in [6, 6.07) is 0. The third-order valence-corrected chi connectivity index (χ3v) is 4.48. The van der Waals surface area contributed by atoms with Crippen LogP contribution in [0.1, 0.15) is 36.8 Å². The summed E-state index contributed by atoms with van der Waals surface area (Å²) in [5.74, 6) is 1.71. The Bertz CT molecular complexity index is 419. The Morgan fingerprint density at radius 1 is 1.38 bits per heavy atom. The van der Waals surface area contributed by atoms with E-state index in [1.54, 1.807) is 0 Å². The van der Waals surface area contributed by atoms with Gasteiger partial charge in [0.25, 0.3) is 0 Å². The number of aliphatic hydroxyl groups is 1. The summed E-state index contributed by atoms with van der Waals surface area (Å²) in [5, 5.41) is 14.3. The summed E-state index contributed by atoms with van der Waals surface area (Å²) in [6.45, 7) is 10.7. The van der Waals surface area contributed by atoms with Crippen molar-refractivity contribution in [2.45, 2.75) is 46.3 Å². The molecule has 2 heterocycles. The van der Waals surface area contributed by atoms with Gasteiger partial charge in [-0.3, -0.25) is 4.90 Å². The number of aromatic nitrogens is 1. The molecule has 5 nitrogen and oxygen atoms in total. The number of piperidine rings is 1. The molecule has 21 heavy (non-hydrogen) atoms. The van der Waals surface area contributed by atoms with Crippen LogP contribution in [0.15, 0.2) is 4.52 Å². The Hall–Kier alpha value is -0.910. The molecule has 1 unspecified atom stereocenters. The van der Waals surface area contributed by atoms with Gasteiger partial charge in [-0.15, -0.1) is 0 Å². The van der Waals surface area contributed by atoms with E-state index in [1.807, 2.05) is 20.9 Å². The van der Waals surface area contributed by atoms with Gasteiger partial charge in [-0.1, -0.05) is 12.1 Å². The minimum Gasteiger partial charge on any atom is -0.390 e. The lowest BCUT2D eigenvalue weighted by Crippen LogP contribution is -2.42. The molecule has 0 aromatic carbocycles. The summed E-state index contributed by atoms with van der Waals surface area (Å²) in [6.07, 6.45) is 2.20. The van der Waals surface area contributed by atoms with Crippen molar-refractivity contribution in [2.75, 3.05) is 33.2 Å². The quantitative estimate of drug-likeness (QED) is 0.867. The van der Waals surface area contributed by atoms with E-state index in [4.69, 9.17) is 4.52 Å². The van der Waals surface area contributed by atoms with Crippen LogP contribution in [0.25, 0.3) is 0 Å². The van der Waals surface area contributed by atoms with Gasteiger partial charge in [-0.25, -0.2) is 0 Å². The van der Waals surface area contributed by atoms with E-state index in [-0.39, 0.29) is 6.10 Å². The van der Waals surface area contributed by atoms with Crippen molar-refractivity contribution in [3.05, 3.63) is 17.0 Å². The zero-order chi connectivity index (χ0) is 15.4. The van der Waals surface area contributed by atoms with E-state index < -0.39 is 0 Å². The van der Waals surface area contributed by atoms with E-state index >= 15 is 0 Å². The van der Waals surface area contributed by atoms with E-state index in [0.29, 0.717) is 6.54 Å². The maximum absolute atomic E-state index is 10.3. The minimum absolute atomic E-state index is 0.302. The largest absolute Gasteiger partial charge is 0.390 e. The fourth-order valence-corrected chi connectivity index (χ4v) is 3.02. The van der Waals surface area contributed by atoms with Crippen LogP contribution in [0.5, 0.6) is 0 Å². The SMILES string of the molecule is Cc1noc(C)c1CN(C)CC(O)CN1CCC(C)CC1. The molecule has 5 heteroatoms. The fraction of sp³-hybridized carbons (Fsp3) is 0.812. The molecule has 0 aliphatic carbocycles. The lowest BCUT2D eigenvalue weighted by Gasteiger charge is -2.32. The van der Waals surface area contributed by atoms with Crippen molar-refractivity contribution in [3.8, 4) is 0 Å². The van der Waals surface area contributed by atoms with Crippen LogP contribution < -0.4 is 0 Å². The highest BCUT2D eigenvalue weighted by molar-refractivity contribution is 5.20. The van der Waals surface area contributed by atoms with E-state index in [9.17, 15) is 5.11 Å². The lowest BCUT2D eigenvalue weighted by molar-refractivity contribution is 0.0661. The van der Waals surface area contributed by atoms with Gasteiger partial charge in [-0.05, 0) is 52.7 Å². The highest BCUT2D eigenvalue weighted by Gasteiger charge is 2.20. The second-order valence-corrected chi connectivity index (χ2v) is 6.64. The average molecular weight is 295 g/mol. The van der Waals surface area contributed by atoms with Crippen molar-refractivity contribution in [1.82, 2.24) is 15.0 Å². The number of hydrogen-bond acceptors (Lipinski definition) is 5. The highest BCUT2D eigenvalue weighted by atomic mass is 16.5. The molecule has 1 atom stereocenters. The minimum atomic E-state index is -0.302. The predicted octanol–water partition coefficient (Wildman–Crippen LogP) is 1.82. The van der Waals surface area contributed by atoms with Crippen molar-refractivity contribution < 1.29 is 9.63 Å². The second-order valence-electron chi connectivity index (χ2n) is 6.64. The summed E-state index contributed by atoms with van der Waals surface area (Å²) >= 11 is 0. The zero-order valence-electron chi connectivity index (χ0n) is 13.8. The van der Waals surface area contributed by atoms with Crippen LogP contribution in [0.3, 0.4) is 0 Å². The van der Waals surface area contributed by atoms with E-state index in [0.717, 1.165) is 49.1 Å². The van der Waals surface area contributed by atoms with Crippen LogP contribution in [0.4, 0.5) is 0 Å². The van der Waals surface area contributed by atoms with Gasteiger partial charge in [-0.2, -0.15) is 0 Å². The molecule has 1 aliphatic rings. The lowest BCUT2D eigenvalue weighted by atomic mass is 9.99. The molecule has 0 radical (unpaired) electrons. The monoisotopic (exact) mass is 295 g/mol. The molecule has 0 bridgehead atoms. The fourth-order valence-electron chi connectivity index (χ4n) is 3.02. The van der Waals surface area contributed by atoms with Gasteiger partial charge in [0, 0.05) is 25.2 Å². The Labute approximate surface area is 127 Å². The normalized spacial score (nSPS) is 19.3. The number of likely N-dealkylation sites (tertiary alicyclic amines) is 1. The maximum Gasteiger partial charge on any atom is 0.138 e. The first-order chi connectivity index (χ1) is 9.95. The number of nitrogens with zero attached hydrogens (tertiary/aromatic N) is 3. The molecule has 1 aliphatic heterocycles. The van der Waals surface area contributed by atoms with Crippen LogP contribution >= 0.6 is 0 Å². The molecule has 120 valence electrons. The first-order valence-corrected chi connectivity index (χ1v) is 7.96. The summed E-state index contributed by atoms with van der Waals surface area (Å²) in [4.78, 5) is 4.53. The van der Waals surface area contributed by atoms with Crippen molar-refractivity contribution in [1.29, 1.82) is 0 Å². The number of β-amino-alcohol motifs (C(OH)–C–C–N with tert-alkyl or cyclic N) is 1. The maximum atomic E-state index is 10.3. The van der Waals surface area contributed by atoms with Gasteiger partial charge >= 0.3 is 0 Å². The Kier molecular flexibility index (Phi) is 5.79. The summed E-state index contributed by atoms with van der Waals surface area (Å²) < 4.78 is 5.19. The molecule has 2 rings (SSSR count). The molecule has 1 aromatic heterocycles. The van der Waals surface area contributed by atoms with Gasteiger partial charge in [0.1, 0.15) is 5.76 Å². The average Bonchev–Trinajstić information content (AvgIpc) is 2.73. The Morgan fingerprint density at radius 3 is 2.62 bits per heavy atom. The van der Waals surface area contributed by atoms with Gasteiger partial charge < -0.3 is 14.5 Å². The first-order valence-electron chi connectivity index (χ1n) is 7.96. The predicted molar refractivity (Wildman–Crippen MR) is 83.2 cm³/mol. The first kappa shape index (κ1) is 16.5. The van der Waals surface area contributed by atoms with Crippen molar-refractivity contribution in [3.63, 3.8) is 0 Å². The number of aliphatic hydroxyl groups excluding tert-OH is 1. The van der Waals surface area contributed by atoms with Crippen LogP contribution in [-0.4, -0.2) is 59.4 Å². The van der Waals surface area contributed by atoms with E-state index in [2.05, 4.69) is 21.9 Å². The summed E-state index contributed by atoms with van der Waals surface area (Å²) in [7, 11) is 2.04. The van der Waals surface area contributed by atoms with Crippen molar-refractivity contribution in [2.24, 2.45) is 5.92 Å². The van der Waals surface area contributed by atoms with Gasteiger partial charge in [0.2, 0.25) is 0 Å². The molecular weight excluding hydrogens is 266 g/mol. The molecule has 1 fully saturated rings. The topological polar surface area (TPSA) is 52.7 Å². The Balaban J connectivity index is 1.75. The van der Waals surface area contributed by atoms with Gasteiger partial charge in [0.05, 0.1) is 11.8 Å². The number of rotatable bonds is 6. The van der Waals surface area contributed by atoms with Crippen LogP contribution in [-0.2, 0) is 6.54 Å². The molecule has 0 amide bonds. The van der Waals surface area contributed by atoms with Crippen molar-refractivity contribution >= 4 is 0 Å². The van der Waals surface area contributed by atoms with Crippen LogP contribution in [0.2, 0.25) is 0 Å². The second kappa shape index (κ2) is 7.38. The number of likely N-dealkylation sites (N-methyl/N-ethyl adjacent to an activating group) is 1. The zero-order valence-corrected chi connectivity index (χ0v) is 13.8. The Morgan fingerprint density at radius 2 is 2.05 bits per heavy atom. The molecule has 0 spiro atoms. The number of hydrogen-bond donors (Lipinski definition) is 1. The third kappa shape index (κ3) is 4.80. The molecule has 0 saturated carbocycles. The highest BCUT2D eigenvalue weighted by Crippen LogP contribution is 2.17. The smallest absolute Gasteiger partial charge is 0.138 e. The van der Waals surface area contributed by atoms with Crippen LogP contribution in [0, 0.1) is 19.8 Å². The van der Waals surface area contributed by atoms with Gasteiger partial charge in [0.15, 0.2) is 0 Å². The molecule has 1 N–H and O–H groups in total. The van der Waals surface area contributed by atoms with E-state index in [1.165, 1.54) is 12.8 Å². The molecule has 1 aromatic rings.